The number of hydrogen-bond acceptors (Lipinski definition) is 3. The molecule has 0 aliphatic carbocycles. The molecule has 0 spiro atoms. The first kappa shape index (κ1) is 17.5. The summed E-state index contributed by atoms with van der Waals surface area (Å²) in [7, 11) is 0. The van der Waals surface area contributed by atoms with E-state index in [2.05, 4.69) is 5.32 Å². The average molecular weight is 331 g/mol. The third kappa shape index (κ3) is 4.55. The van der Waals surface area contributed by atoms with Crippen molar-refractivity contribution in [3.8, 4) is 11.1 Å². The Bertz CT molecular complexity index is 764. The molecule has 2 rings (SSSR count). The van der Waals surface area contributed by atoms with Crippen molar-refractivity contribution in [2.24, 2.45) is 0 Å². The lowest BCUT2D eigenvalue weighted by molar-refractivity contribution is 0.0634. The second-order valence-corrected chi connectivity index (χ2v) is 6.20. The maximum atomic E-state index is 14.0. The fraction of sp³-hybridized carbons (Fsp3) is 0.222. The number of rotatable bonds is 3. The van der Waals surface area contributed by atoms with Crippen LogP contribution in [-0.2, 0) is 4.74 Å². The van der Waals surface area contributed by atoms with Crippen LogP contribution in [0.2, 0.25) is 0 Å². The molecule has 1 amide bonds. The van der Waals surface area contributed by atoms with E-state index in [4.69, 9.17) is 9.84 Å². The molecule has 0 atom stereocenters. The van der Waals surface area contributed by atoms with Crippen LogP contribution >= 0.6 is 0 Å². The van der Waals surface area contributed by atoms with Gasteiger partial charge in [0.25, 0.3) is 0 Å². The van der Waals surface area contributed by atoms with Gasteiger partial charge in [0.05, 0.1) is 5.56 Å². The molecule has 2 aromatic carbocycles. The predicted octanol–water partition coefficient (Wildman–Crippen LogP) is 4.54. The molecule has 0 saturated heterocycles. The molecule has 0 saturated carbocycles. The van der Waals surface area contributed by atoms with E-state index in [1.54, 1.807) is 45.0 Å². The average Bonchev–Trinajstić information content (AvgIpc) is 2.46. The van der Waals surface area contributed by atoms with E-state index in [0.717, 1.165) is 6.07 Å². The maximum Gasteiger partial charge on any atom is 0.412 e. The van der Waals surface area contributed by atoms with Crippen LogP contribution in [0.1, 0.15) is 31.1 Å². The molecular weight excluding hydrogens is 313 g/mol. The lowest BCUT2D eigenvalue weighted by Gasteiger charge is -2.19. The van der Waals surface area contributed by atoms with Crippen molar-refractivity contribution in [3.05, 3.63) is 53.8 Å². The van der Waals surface area contributed by atoms with Gasteiger partial charge in [-0.2, -0.15) is 0 Å². The molecule has 0 fully saturated rings. The van der Waals surface area contributed by atoms with Gasteiger partial charge in [-0.3, -0.25) is 5.32 Å². The smallest absolute Gasteiger partial charge is 0.412 e. The molecule has 2 aromatic rings. The molecule has 6 heteroatoms. The van der Waals surface area contributed by atoms with E-state index < -0.39 is 23.5 Å². The molecule has 24 heavy (non-hydrogen) atoms. The lowest BCUT2D eigenvalue weighted by atomic mass is 10.0. The van der Waals surface area contributed by atoms with Gasteiger partial charge in [0.2, 0.25) is 0 Å². The van der Waals surface area contributed by atoms with Crippen LogP contribution in [0.5, 0.6) is 0 Å². The van der Waals surface area contributed by atoms with Gasteiger partial charge in [0.15, 0.2) is 0 Å². The summed E-state index contributed by atoms with van der Waals surface area (Å²) in [5.41, 5.74) is 0.650. The van der Waals surface area contributed by atoms with Gasteiger partial charge in [0.1, 0.15) is 11.4 Å². The van der Waals surface area contributed by atoms with Crippen molar-refractivity contribution < 1.29 is 23.8 Å². The van der Waals surface area contributed by atoms with Gasteiger partial charge in [-0.1, -0.05) is 18.2 Å². The number of ether oxygens (including phenoxy) is 1. The first-order valence-corrected chi connectivity index (χ1v) is 7.29. The Kier molecular flexibility index (Phi) is 4.87. The van der Waals surface area contributed by atoms with Crippen LogP contribution in [-0.4, -0.2) is 22.8 Å². The Morgan fingerprint density at radius 2 is 1.71 bits per heavy atom. The molecule has 0 unspecified atom stereocenters. The van der Waals surface area contributed by atoms with E-state index in [1.165, 1.54) is 12.1 Å². The SMILES string of the molecule is CC(C)(C)OC(=O)Nc1ccc(-c2ccc(C(=O)O)cc2F)cc1. The number of carbonyl (C=O) groups excluding carboxylic acids is 1. The Hall–Kier alpha value is -2.89. The largest absolute Gasteiger partial charge is 0.478 e. The number of carboxylic acids is 1. The van der Waals surface area contributed by atoms with Crippen molar-refractivity contribution >= 4 is 17.7 Å². The van der Waals surface area contributed by atoms with E-state index in [9.17, 15) is 14.0 Å². The standard InChI is InChI=1S/C18H18FNO4/c1-18(2,3)24-17(23)20-13-7-4-11(5-8-13)14-9-6-12(16(21)22)10-15(14)19/h4-10H,1-3H3,(H,20,23)(H,21,22). The molecule has 0 heterocycles. The highest BCUT2D eigenvalue weighted by molar-refractivity contribution is 5.88. The zero-order valence-corrected chi connectivity index (χ0v) is 13.6. The zero-order valence-electron chi connectivity index (χ0n) is 13.6. The number of hydrogen-bond donors (Lipinski definition) is 2. The van der Waals surface area contributed by atoms with Gasteiger partial charge in [0, 0.05) is 11.3 Å². The number of nitrogens with one attached hydrogen (secondary N) is 1. The summed E-state index contributed by atoms with van der Waals surface area (Å²) in [6.07, 6.45) is -0.577. The molecule has 0 aliphatic heterocycles. The number of amides is 1. The monoisotopic (exact) mass is 331 g/mol. The molecular formula is C18H18FNO4. The lowest BCUT2D eigenvalue weighted by Crippen LogP contribution is -2.27. The molecule has 0 aliphatic rings. The number of carboxylic acid groups (broad SMARTS) is 1. The molecule has 0 bridgehead atoms. The van der Waals surface area contributed by atoms with Gasteiger partial charge in [-0.25, -0.2) is 14.0 Å². The zero-order chi connectivity index (χ0) is 17.9. The number of anilines is 1. The Balaban J connectivity index is 2.15. The van der Waals surface area contributed by atoms with E-state index in [0.29, 0.717) is 11.3 Å². The highest BCUT2D eigenvalue weighted by Gasteiger charge is 2.16. The quantitative estimate of drug-likeness (QED) is 0.866. The molecule has 5 nitrogen and oxygen atoms in total. The van der Waals surface area contributed by atoms with Crippen molar-refractivity contribution in [2.45, 2.75) is 26.4 Å². The fourth-order valence-electron chi connectivity index (χ4n) is 2.04. The highest BCUT2D eigenvalue weighted by atomic mass is 19.1. The first-order chi connectivity index (χ1) is 11.2. The minimum Gasteiger partial charge on any atom is -0.478 e. The summed E-state index contributed by atoms with van der Waals surface area (Å²) in [4.78, 5) is 22.5. The fourth-order valence-corrected chi connectivity index (χ4v) is 2.04. The van der Waals surface area contributed by atoms with E-state index >= 15 is 0 Å². The molecule has 0 radical (unpaired) electrons. The van der Waals surface area contributed by atoms with Crippen LogP contribution in [0.15, 0.2) is 42.5 Å². The third-order valence-corrected chi connectivity index (χ3v) is 3.06. The van der Waals surface area contributed by atoms with Crippen molar-refractivity contribution in [1.82, 2.24) is 0 Å². The topological polar surface area (TPSA) is 75.6 Å². The van der Waals surface area contributed by atoms with Gasteiger partial charge in [-0.15, -0.1) is 0 Å². The molecule has 0 aromatic heterocycles. The van der Waals surface area contributed by atoms with Crippen LogP contribution in [0.3, 0.4) is 0 Å². The first-order valence-electron chi connectivity index (χ1n) is 7.29. The van der Waals surface area contributed by atoms with Crippen molar-refractivity contribution in [3.63, 3.8) is 0 Å². The summed E-state index contributed by atoms with van der Waals surface area (Å²) >= 11 is 0. The van der Waals surface area contributed by atoms with Gasteiger partial charge >= 0.3 is 12.1 Å². The van der Waals surface area contributed by atoms with Crippen molar-refractivity contribution in [2.75, 3.05) is 5.32 Å². The van der Waals surface area contributed by atoms with Crippen molar-refractivity contribution in [1.29, 1.82) is 0 Å². The van der Waals surface area contributed by atoms with Crippen LogP contribution < -0.4 is 5.32 Å². The maximum absolute atomic E-state index is 14.0. The predicted molar refractivity (Wildman–Crippen MR) is 88.7 cm³/mol. The normalized spacial score (nSPS) is 11.0. The number of benzene rings is 2. The minimum absolute atomic E-state index is 0.112. The Morgan fingerprint density at radius 1 is 1.08 bits per heavy atom. The Morgan fingerprint density at radius 3 is 2.21 bits per heavy atom. The van der Waals surface area contributed by atoms with E-state index in [-0.39, 0.29) is 11.1 Å². The number of aromatic carboxylic acids is 1. The van der Waals surface area contributed by atoms with Gasteiger partial charge < -0.3 is 9.84 Å². The summed E-state index contributed by atoms with van der Waals surface area (Å²) < 4.78 is 19.2. The van der Waals surface area contributed by atoms with Crippen LogP contribution in [0.25, 0.3) is 11.1 Å². The van der Waals surface area contributed by atoms with Gasteiger partial charge in [-0.05, 0) is 50.6 Å². The number of halogens is 1. The van der Waals surface area contributed by atoms with E-state index in [1.807, 2.05) is 0 Å². The summed E-state index contributed by atoms with van der Waals surface area (Å²) in [5.74, 6) is -1.81. The van der Waals surface area contributed by atoms with Crippen LogP contribution in [0, 0.1) is 5.82 Å². The van der Waals surface area contributed by atoms with Crippen LogP contribution in [0.4, 0.5) is 14.9 Å². The molecule has 2 N–H and O–H groups in total. The summed E-state index contributed by atoms with van der Waals surface area (Å²) in [6.45, 7) is 5.29. The summed E-state index contributed by atoms with van der Waals surface area (Å²) in [6, 6.07) is 10.2. The minimum atomic E-state index is -1.18. The second kappa shape index (κ2) is 6.70. The Labute approximate surface area is 139 Å². The summed E-state index contributed by atoms with van der Waals surface area (Å²) in [5, 5.41) is 11.4. The third-order valence-electron chi connectivity index (χ3n) is 3.06. The number of carbonyl (C=O) groups is 2. The second-order valence-electron chi connectivity index (χ2n) is 6.20. The highest BCUT2D eigenvalue weighted by Crippen LogP contribution is 2.25. The molecule has 126 valence electrons.